The Bertz CT molecular complexity index is 843. The predicted octanol–water partition coefficient (Wildman–Crippen LogP) is 4.53. The first kappa shape index (κ1) is 20.0. The fourth-order valence-corrected chi connectivity index (χ4v) is 3.26. The highest BCUT2D eigenvalue weighted by Gasteiger charge is 2.11. The number of nitrogens with one attached hydrogen (secondary N) is 1. The monoisotopic (exact) mass is 398 g/mol. The molecule has 1 heterocycles. The van der Waals surface area contributed by atoms with Crippen LogP contribution in [0.1, 0.15) is 24.8 Å². The van der Waals surface area contributed by atoms with Crippen LogP contribution in [0.2, 0.25) is 5.02 Å². The topological polar surface area (TPSA) is 58.6 Å². The van der Waals surface area contributed by atoms with Crippen molar-refractivity contribution in [3.63, 3.8) is 0 Å². The Balaban J connectivity index is 1.45. The number of benzene rings is 2. The Labute approximate surface area is 169 Å². The normalized spacial score (nSPS) is 14.1. The van der Waals surface area contributed by atoms with Crippen molar-refractivity contribution in [2.24, 2.45) is 0 Å². The van der Waals surface area contributed by atoms with E-state index >= 15 is 0 Å². The summed E-state index contributed by atoms with van der Waals surface area (Å²) >= 11 is 6.02. The zero-order valence-electron chi connectivity index (χ0n) is 15.6. The van der Waals surface area contributed by atoms with Gasteiger partial charge in [-0.3, -0.25) is 4.79 Å². The number of anilines is 2. The van der Waals surface area contributed by atoms with E-state index in [2.05, 4.69) is 10.2 Å². The minimum atomic E-state index is -0.601. The van der Waals surface area contributed by atoms with Gasteiger partial charge in [0.15, 0.2) is 6.61 Å². The van der Waals surface area contributed by atoms with Crippen molar-refractivity contribution >= 4 is 40.9 Å². The third-order valence-electron chi connectivity index (χ3n) is 4.52. The van der Waals surface area contributed by atoms with E-state index < -0.39 is 5.97 Å². The van der Waals surface area contributed by atoms with Crippen LogP contribution in [-0.4, -0.2) is 31.6 Å². The molecule has 0 bridgehead atoms. The molecule has 2 aromatic carbocycles. The minimum absolute atomic E-state index is 0.348. The fraction of sp³-hybridized carbons (Fsp3) is 0.273. The molecule has 1 N–H and O–H groups in total. The molecule has 0 atom stereocenters. The molecule has 0 saturated carbocycles. The van der Waals surface area contributed by atoms with E-state index in [9.17, 15) is 9.59 Å². The van der Waals surface area contributed by atoms with Gasteiger partial charge >= 0.3 is 5.97 Å². The van der Waals surface area contributed by atoms with Crippen molar-refractivity contribution in [2.45, 2.75) is 19.3 Å². The molecule has 1 fully saturated rings. The number of hydrogen-bond acceptors (Lipinski definition) is 4. The molecule has 2 aromatic rings. The van der Waals surface area contributed by atoms with E-state index in [1.165, 1.54) is 25.3 Å². The zero-order chi connectivity index (χ0) is 19.8. The van der Waals surface area contributed by atoms with E-state index in [1.807, 2.05) is 30.3 Å². The highest BCUT2D eigenvalue weighted by atomic mass is 35.5. The van der Waals surface area contributed by atoms with E-state index in [0.717, 1.165) is 18.8 Å². The summed E-state index contributed by atoms with van der Waals surface area (Å²) in [6.07, 6.45) is 6.53. The summed E-state index contributed by atoms with van der Waals surface area (Å²) in [5.41, 5.74) is 2.54. The van der Waals surface area contributed by atoms with E-state index in [4.69, 9.17) is 16.3 Å². The Morgan fingerprint density at radius 2 is 1.75 bits per heavy atom. The number of rotatable bonds is 6. The van der Waals surface area contributed by atoms with Crippen molar-refractivity contribution < 1.29 is 14.3 Å². The number of carbonyl (C=O) groups excluding carboxylic acids is 2. The predicted molar refractivity (Wildman–Crippen MR) is 113 cm³/mol. The average Bonchev–Trinajstić information content (AvgIpc) is 2.73. The lowest BCUT2D eigenvalue weighted by Crippen LogP contribution is -2.29. The lowest BCUT2D eigenvalue weighted by atomic mass is 10.1. The summed E-state index contributed by atoms with van der Waals surface area (Å²) in [5, 5.41) is 3.27. The number of piperidine rings is 1. The van der Waals surface area contributed by atoms with Crippen molar-refractivity contribution in [1.29, 1.82) is 0 Å². The molecular weight excluding hydrogens is 376 g/mol. The van der Waals surface area contributed by atoms with Crippen LogP contribution in [0.15, 0.2) is 54.6 Å². The maximum Gasteiger partial charge on any atom is 0.331 e. The van der Waals surface area contributed by atoms with Crippen molar-refractivity contribution in [1.82, 2.24) is 0 Å². The number of ether oxygens (including phenoxy) is 1. The van der Waals surface area contributed by atoms with Gasteiger partial charge in [0.1, 0.15) is 0 Å². The molecule has 0 aliphatic carbocycles. The van der Waals surface area contributed by atoms with Crippen molar-refractivity contribution in [2.75, 3.05) is 29.9 Å². The van der Waals surface area contributed by atoms with E-state index in [0.29, 0.717) is 16.3 Å². The second-order valence-corrected chi connectivity index (χ2v) is 7.01. The van der Waals surface area contributed by atoms with Crippen LogP contribution in [0, 0.1) is 0 Å². The highest BCUT2D eigenvalue weighted by Crippen LogP contribution is 2.21. The van der Waals surface area contributed by atoms with Gasteiger partial charge in [0, 0.05) is 35.6 Å². The summed E-state index contributed by atoms with van der Waals surface area (Å²) in [5.74, 6) is -0.985. The Morgan fingerprint density at radius 3 is 2.46 bits per heavy atom. The van der Waals surface area contributed by atoms with Crippen LogP contribution in [0.3, 0.4) is 0 Å². The maximum atomic E-state index is 12.0. The molecule has 0 spiro atoms. The zero-order valence-corrected chi connectivity index (χ0v) is 16.3. The smallest absolute Gasteiger partial charge is 0.331 e. The molecule has 0 unspecified atom stereocenters. The maximum absolute atomic E-state index is 12.0. The molecule has 1 aliphatic heterocycles. The van der Waals surface area contributed by atoms with Gasteiger partial charge in [-0.05, 0) is 61.2 Å². The second-order valence-electron chi connectivity index (χ2n) is 6.61. The number of amides is 1. The van der Waals surface area contributed by atoms with Crippen LogP contribution >= 0.6 is 11.6 Å². The Kier molecular flexibility index (Phi) is 7.09. The van der Waals surface area contributed by atoms with Crippen LogP contribution in [0.4, 0.5) is 11.4 Å². The number of nitrogens with zero attached hydrogens (tertiary/aromatic N) is 1. The molecule has 1 amide bonds. The molecular formula is C22H23ClN2O3. The first-order valence-electron chi connectivity index (χ1n) is 9.36. The van der Waals surface area contributed by atoms with Crippen LogP contribution in [-0.2, 0) is 14.3 Å². The molecule has 146 valence electrons. The summed E-state index contributed by atoms with van der Waals surface area (Å²) in [6.45, 7) is 1.80. The van der Waals surface area contributed by atoms with Gasteiger partial charge < -0.3 is 15.0 Å². The molecule has 1 saturated heterocycles. The van der Waals surface area contributed by atoms with Gasteiger partial charge in [-0.25, -0.2) is 4.79 Å². The highest BCUT2D eigenvalue weighted by molar-refractivity contribution is 6.32. The lowest BCUT2D eigenvalue weighted by Gasteiger charge is -2.28. The molecule has 0 radical (unpaired) electrons. The molecule has 3 rings (SSSR count). The number of halogens is 1. The van der Waals surface area contributed by atoms with Crippen LogP contribution in [0.25, 0.3) is 6.08 Å². The standard InChI is InChI=1S/C22H23ClN2O3/c23-20-7-3-2-6-17(20)8-13-22(27)28-16-21(26)24-18-9-11-19(12-10-18)25-14-4-1-5-15-25/h2-3,6-13H,1,4-5,14-16H2,(H,24,26)/b13-8+. The Morgan fingerprint density at radius 1 is 1.04 bits per heavy atom. The number of hydrogen-bond donors (Lipinski definition) is 1. The summed E-state index contributed by atoms with van der Waals surface area (Å²) in [6, 6.07) is 14.9. The summed E-state index contributed by atoms with van der Waals surface area (Å²) in [4.78, 5) is 26.1. The SMILES string of the molecule is O=C(COC(=O)/C=C/c1ccccc1Cl)Nc1ccc(N2CCCCC2)cc1. The van der Waals surface area contributed by atoms with Crippen LogP contribution < -0.4 is 10.2 Å². The number of esters is 1. The van der Waals surface area contributed by atoms with Gasteiger partial charge in [-0.2, -0.15) is 0 Å². The average molecular weight is 399 g/mol. The third-order valence-corrected chi connectivity index (χ3v) is 4.87. The van der Waals surface area contributed by atoms with E-state index in [1.54, 1.807) is 24.3 Å². The molecule has 6 heteroatoms. The first-order chi connectivity index (χ1) is 13.6. The van der Waals surface area contributed by atoms with Crippen molar-refractivity contribution in [3.8, 4) is 0 Å². The quantitative estimate of drug-likeness (QED) is 0.574. The van der Waals surface area contributed by atoms with Crippen molar-refractivity contribution in [3.05, 3.63) is 65.2 Å². The van der Waals surface area contributed by atoms with Gasteiger partial charge in [0.05, 0.1) is 0 Å². The second kappa shape index (κ2) is 9.95. The largest absolute Gasteiger partial charge is 0.452 e. The molecule has 5 nitrogen and oxygen atoms in total. The van der Waals surface area contributed by atoms with Gasteiger partial charge in [-0.15, -0.1) is 0 Å². The van der Waals surface area contributed by atoms with Gasteiger partial charge in [0.25, 0.3) is 5.91 Å². The Hall–Kier alpha value is -2.79. The van der Waals surface area contributed by atoms with E-state index in [-0.39, 0.29) is 12.5 Å². The molecule has 1 aliphatic rings. The summed E-state index contributed by atoms with van der Waals surface area (Å²) in [7, 11) is 0. The first-order valence-corrected chi connectivity index (χ1v) is 9.74. The number of carbonyl (C=O) groups is 2. The fourth-order valence-electron chi connectivity index (χ4n) is 3.06. The minimum Gasteiger partial charge on any atom is -0.452 e. The van der Waals surface area contributed by atoms with Gasteiger partial charge in [0.2, 0.25) is 0 Å². The third kappa shape index (κ3) is 5.86. The lowest BCUT2D eigenvalue weighted by molar-refractivity contribution is -0.142. The molecule has 28 heavy (non-hydrogen) atoms. The summed E-state index contributed by atoms with van der Waals surface area (Å²) < 4.78 is 4.97. The van der Waals surface area contributed by atoms with Gasteiger partial charge in [-0.1, -0.05) is 29.8 Å². The van der Waals surface area contributed by atoms with Crippen LogP contribution in [0.5, 0.6) is 0 Å². The molecule has 0 aromatic heterocycles.